The molecule has 0 amide bonds. The summed E-state index contributed by atoms with van der Waals surface area (Å²) in [5, 5.41) is 10.2. The van der Waals surface area contributed by atoms with Crippen molar-refractivity contribution in [3.05, 3.63) is 28.0 Å². The zero-order chi connectivity index (χ0) is 10.3. The molecule has 14 heavy (non-hydrogen) atoms. The molecule has 0 spiro atoms. The van der Waals surface area contributed by atoms with Crippen LogP contribution in [0, 0.1) is 0 Å². The van der Waals surface area contributed by atoms with Crippen LogP contribution in [-0.4, -0.2) is 15.1 Å². The van der Waals surface area contributed by atoms with Gasteiger partial charge in [-0.05, 0) is 19.1 Å². The fraction of sp³-hybridized carbons (Fsp3) is 0.222. The van der Waals surface area contributed by atoms with Crippen LogP contribution in [0.4, 0.5) is 0 Å². The van der Waals surface area contributed by atoms with Crippen LogP contribution in [0.1, 0.15) is 18.9 Å². The number of aromatic amines is 1. The number of aliphatic hydroxyl groups excluding tert-OH is 1. The molecule has 0 bridgehead atoms. The van der Waals surface area contributed by atoms with Crippen molar-refractivity contribution in [1.82, 2.24) is 9.97 Å². The number of nitrogens with one attached hydrogen (secondary N) is 1. The van der Waals surface area contributed by atoms with Gasteiger partial charge >= 0.3 is 0 Å². The highest BCUT2D eigenvalue weighted by atomic mass is 35.5. The summed E-state index contributed by atoms with van der Waals surface area (Å²) in [5.74, 6) is 0.512. The molecule has 2 rings (SSSR count). The third kappa shape index (κ3) is 1.59. The zero-order valence-electron chi connectivity index (χ0n) is 7.38. The van der Waals surface area contributed by atoms with E-state index in [1.807, 2.05) is 0 Å². The van der Waals surface area contributed by atoms with Crippen LogP contribution < -0.4 is 0 Å². The predicted molar refractivity (Wildman–Crippen MR) is 56.7 cm³/mol. The first-order valence-electron chi connectivity index (χ1n) is 4.10. The van der Waals surface area contributed by atoms with E-state index in [1.54, 1.807) is 19.1 Å². The topological polar surface area (TPSA) is 48.9 Å². The van der Waals surface area contributed by atoms with Crippen molar-refractivity contribution in [3.8, 4) is 0 Å². The Kier molecular flexibility index (Phi) is 2.39. The van der Waals surface area contributed by atoms with E-state index < -0.39 is 6.10 Å². The third-order valence-electron chi connectivity index (χ3n) is 1.94. The molecule has 0 aliphatic carbocycles. The number of nitrogens with zero attached hydrogens (tertiary/aromatic N) is 1. The molecule has 1 aromatic carbocycles. The van der Waals surface area contributed by atoms with E-state index in [0.29, 0.717) is 21.4 Å². The summed E-state index contributed by atoms with van der Waals surface area (Å²) >= 11 is 11.7. The fourth-order valence-corrected chi connectivity index (χ4v) is 1.54. The Morgan fingerprint density at radius 1 is 1.36 bits per heavy atom. The van der Waals surface area contributed by atoms with Crippen LogP contribution >= 0.6 is 23.2 Å². The van der Waals surface area contributed by atoms with Crippen molar-refractivity contribution < 1.29 is 5.11 Å². The first kappa shape index (κ1) is 9.77. The largest absolute Gasteiger partial charge is 0.385 e. The maximum atomic E-state index is 9.30. The number of H-pyrrole nitrogens is 1. The van der Waals surface area contributed by atoms with Crippen LogP contribution in [0.5, 0.6) is 0 Å². The lowest BCUT2D eigenvalue weighted by atomic mass is 10.3. The molecule has 1 atom stereocenters. The Labute approximate surface area is 90.7 Å². The van der Waals surface area contributed by atoms with Crippen LogP contribution in [0.3, 0.4) is 0 Å². The number of halogens is 2. The van der Waals surface area contributed by atoms with Crippen molar-refractivity contribution in [2.45, 2.75) is 13.0 Å². The lowest BCUT2D eigenvalue weighted by Crippen LogP contribution is -1.92. The number of hydrogen-bond acceptors (Lipinski definition) is 2. The van der Waals surface area contributed by atoms with E-state index >= 15 is 0 Å². The molecule has 1 aromatic heterocycles. The van der Waals surface area contributed by atoms with Crippen molar-refractivity contribution >= 4 is 34.2 Å². The zero-order valence-corrected chi connectivity index (χ0v) is 8.89. The van der Waals surface area contributed by atoms with Crippen molar-refractivity contribution in [1.29, 1.82) is 0 Å². The number of benzene rings is 1. The molecule has 3 nitrogen and oxygen atoms in total. The van der Waals surface area contributed by atoms with Crippen molar-refractivity contribution in [2.24, 2.45) is 0 Å². The van der Waals surface area contributed by atoms with E-state index in [0.717, 1.165) is 5.52 Å². The maximum absolute atomic E-state index is 9.30. The van der Waals surface area contributed by atoms with Gasteiger partial charge in [0.15, 0.2) is 0 Å². The summed E-state index contributed by atoms with van der Waals surface area (Å²) in [4.78, 5) is 7.12. The monoisotopic (exact) mass is 230 g/mol. The fourth-order valence-electron chi connectivity index (χ4n) is 1.22. The van der Waals surface area contributed by atoms with Crippen molar-refractivity contribution in [2.75, 3.05) is 0 Å². The SMILES string of the molecule is C[C@@H](O)c1nc2cc(Cl)c(Cl)cc2[nH]1. The van der Waals surface area contributed by atoms with E-state index in [9.17, 15) is 5.11 Å². The number of aliphatic hydroxyl groups is 1. The Hall–Kier alpha value is -0.770. The van der Waals surface area contributed by atoms with Gasteiger partial charge in [0, 0.05) is 0 Å². The molecule has 1 heterocycles. The molecular formula is C9H8Cl2N2O. The van der Waals surface area contributed by atoms with E-state index in [1.165, 1.54) is 0 Å². The summed E-state index contributed by atoms with van der Waals surface area (Å²) in [6.45, 7) is 1.64. The van der Waals surface area contributed by atoms with Gasteiger partial charge in [0.25, 0.3) is 0 Å². The van der Waals surface area contributed by atoms with E-state index in [4.69, 9.17) is 23.2 Å². The first-order chi connectivity index (χ1) is 6.58. The maximum Gasteiger partial charge on any atom is 0.135 e. The summed E-state index contributed by atoms with van der Waals surface area (Å²) < 4.78 is 0. The molecule has 5 heteroatoms. The molecule has 0 aliphatic heterocycles. The number of hydrogen-bond donors (Lipinski definition) is 2. The lowest BCUT2D eigenvalue weighted by molar-refractivity contribution is 0.190. The second-order valence-electron chi connectivity index (χ2n) is 3.08. The number of aromatic nitrogens is 2. The Bertz CT molecular complexity index is 440. The van der Waals surface area contributed by atoms with Gasteiger partial charge in [-0.2, -0.15) is 0 Å². The van der Waals surface area contributed by atoms with Crippen LogP contribution in [0.25, 0.3) is 11.0 Å². The van der Waals surface area contributed by atoms with Gasteiger partial charge in [-0.1, -0.05) is 23.2 Å². The number of rotatable bonds is 1. The lowest BCUT2D eigenvalue weighted by Gasteiger charge is -1.95. The van der Waals surface area contributed by atoms with E-state index in [2.05, 4.69) is 9.97 Å². The van der Waals surface area contributed by atoms with Gasteiger partial charge in [-0.3, -0.25) is 0 Å². The number of fused-ring (bicyclic) bond motifs is 1. The van der Waals surface area contributed by atoms with Gasteiger partial charge in [0.05, 0.1) is 21.1 Å². The highest BCUT2D eigenvalue weighted by Crippen LogP contribution is 2.27. The second kappa shape index (κ2) is 3.42. The van der Waals surface area contributed by atoms with Gasteiger partial charge in [-0.25, -0.2) is 4.98 Å². The molecule has 0 radical (unpaired) electrons. The highest BCUT2D eigenvalue weighted by molar-refractivity contribution is 6.42. The Balaban J connectivity index is 2.66. The molecule has 74 valence electrons. The van der Waals surface area contributed by atoms with Crippen LogP contribution in [0.2, 0.25) is 10.0 Å². The van der Waals surface area contributed by atoms with Gasteiger partial charge in [0.2, 0.25) is 0 Å². The molecular weight excluding hydrogens is 223 g/mol. The normalized spacial score (nSPS) is 13.4. The summed E-state index contributed by atoms with van der Waals surface area (Å²) in [6.07, 6.45) is -0.625. The molecule has 0 saturated heterocycles. The first-order valence-corrected chi connectivity index (χ1v) is 4.86. The smallest absolute Gasteiger partial charge is 0.135 e. The number of imidazole rings is 1. The molecule has 0 unspecified atom stereocenters. The third-order valence-corrected chi connectivity index (χ3v) is 2.66. The van der Waals surface area contributed by atoms with Gasteiger partial charge in [0.1, 0.15) is 11.9 Å². The van der Waals surface area contributed by atoms with Gasteiger partial charge in [-0.15, -0.1) is 0 Å². The summed E-state index contributed by atoms with van der Waals surface area (Å²) in [7, 11) is 0. The standard InChI is InChI=1S/C9H8Cl2N2O/c1-4(14)9-12-7-2-5(10)6(11)3-8(7)13-9/h2-4,14H,1H3,(H,12,13)/t4-/m1/s1. The Morgan fingerprint density at radius 2 is 2.00 bits per heavy atom. The van der Waals surface area contributed by atoms with Crippen LogP contribution in [-0.2, 0) is 0 Å². The summed E-state index contributed by atoms with van der Waals surface area (Å²) in [5.41, 5.74) is 1.48. The van der Waals surface area contributed by atoms with E-state index in [-0.39, 0.29) is 0 Å². The highest BCUT2D eigenvalue weighted by Gasteiger charge is 2.09. The molecule has 0 aliphatic rings. The Morgan fingerprint density at radius 3 is 2.64 bits per heavy atom. The molecule has 2 N–H and O–H groups in total. The van der Waals surface area contributed by atoms with Crippen molar-refractivity contribution in [3.63, 3.8) is 0 Å². The van der Waals surface area contributed by atoms with Crippen LogP contribution in [0.15, 0.2) is 12.1 Å². The minimum Gasteiger partial charge on any atom is -0.385 e. The summed E-state index contributed by atoms with van der Waals surface area (Å²) in [6, 6.07) is 3.36. The molecule has 0 fully saturated rings. The quantitative estimate of drug-likeness (QED) is 0.792. The second-order valence-corrected chi connectivity index (χ2v) is 3.90. The predicted octanol–water partition coefficient (Wildman–Crippen LogP) is 2.92. The average Bonchev–Trinajstić information content (AvgIpc) is 2.48. The molecule has 0 saturated carbocycles. The average molecular weight is 231 g/mol. The minimum absolute atomic E-state index is 0.461. The van der Waals surface area contributed by atoms with Gasteiger partial charge < -0.3 is 10.1 Å². The minimum atomic E-state index is -0.625. The molecule has 2 aromatic rings.